The van der Waals surface area contributed by atoms with Gasteiger partial charge in [-0.15, -0.1) is 0 Å². The number of pyridine rings is 1. The summed E-state index contributed by atoms with van der Waals surface area (Å²) in [5.41, 5.74) is 2.03. The van der Waals surface area contributed by atoms with Crippen LogP contribution in [0.5, 0.6) is 0 Å². The van der Waals surface area contributed by atoms with Gasteiger partial charge >= 0.3 is 0 Å². The van der Waals surface area contributed by atoms with E-state index in [1.54, 1.807) is 0 Å². The highest BCUT2D eigenvalue weighted by Gasteiger charge is 2.23. The normalized spacial score (nSPS) is 18.6. The molecule has 0 amide bonds. The van der Waals surface area contributed by atoms with Crippen molar-refractivity contribution in [1.29, 1.82) is 0 Å². The smallest absolute Gasteiger partial charge is 0.159 e. The molecule has 0 aliphatic carbocycles. The lowest BCUT2D eigenvalue weighted by molar-refractivity contribution is 0.218. The molecular formula is C14H20N4. The molecule has 1 aliphatic rings. The minimum atomic E-state index is 0.590. The van der Waals surface area contributed by atoms with E-state index >= 15 is 0 Å². The number of rotatable bonds is 2. The highest BCUT2D eigenvalue weighted by atomic mass is 15.1. The van der Waals surface area contributed by atoms with Gasteiger partial charge in [-0.05, 0) is 44.6 Å². The van der Waals surface area contributed by atoms with Crippen molar-refractivity contribution in [2.45, 2.75) is 25.7 Å². The molecule has 1 fully saturated rings. The summed E-state index contributed by atoms with van der Waals surface area (Å²) in [7, 11) is 2.09. The van der Waals surface area contributed by atoms with Gasteiger partial charge in [0.15, 0.2) is 5.65 Å². The molecule has 0 aromatic carbocycles. The third-order valence-corrected chi connectivity index (χ3v) is 4.06. The average Bonchev–Trinajstić information content (AvgIpc) is 2.77. The Kier molecular flexibility index (Phi) is 3.04. The van der Waals surface area contributed by atoms with Gasteiger partial charge in [0, 0.05) is 19.2 Å². The van der Waals surface area contributed by atoms with E-state index < -0.39 is 0 Å². The summed E-state index contributed by atoms with van der Waals surface area (Å²) >= 11 is 0. The molecule has 4 heteroatoms. The lowest BCUT2D eigenvalue weighted by atomic mass is 9.96. The first-order valence-electron chi connectivity index (χ1n) is 6.79. The maximum Gasteiger partial charge on any atom is 0.159 e. The number of hydrogen-bond acceptors (Lipinski definition) is 3. The van der Waals surface area contributed by atoms with Crippen molar-refractivity contribution in [3.63, 3.8) is 0 Å². The van der Waals surface area contributed by atoms with E-state index in [1.807, 2.05) is 18.3 Å². The number of nitrogens with zero attached hydrogens (tertiary/aromatic N) is 4. The lowest BCUT2D eigenvalue weighted by Gasteiger charge is -2.30. The van der Waals surface area contributed by atoms with E-state index in [-0.39, 0.29) is 0 Å². The van der Waals surface area contributed by atoms with E-state index in [4.69, 9.17) is 4.98 Å². The second-order valence-corrected chi connectivity index (χ2v) is 5.08. The van der Waals surface area contributed by atoms with Crippen molar-refractivity contribution >= 4 is 11.2 Å². The summed E-state index contributed by atoms with van der Waals surface area (Å²) < 4.78 is 2.17. The Hall–Kier alpha value is -1.42. The van der Waals surface area contributed by atoms with Crippen molar-refractivity contribution in [1.82, 2.24) is 19.4 Å². The third kappa shape index (κ3) is 1.90. The number of aromatic nitrogens is 3. The summed E-state index contributed by atoms with van der Waals surface area (Å²) in [6.45, 7) is 5.78. The van der Waals surface area contributed by atoms with Gasteiger partial charge in [0.2, 0.25) is 0 Å². The van der Waals surface area contributed by atoms with Gasteiger partial charge in [0.05, 0.1) is 0 Å². The van der Waals surface area contributed by atoms with E-state index in [9.17, 15) is 0 Å². The molecule has 0 atom stereocenters. The van der Waals surface area contributed by atoms with Crippen LogP contribution in [0.3, 0.4) is 0 Å². The van der Waals surface area contributed by atoms with Crippen molar-refractivity contribution in [2.75, 3.05) is 19.6 Å². The highest BCUT2D eigenvalue weighted by Crippen LogP contribution is 2.28. The monoisotopic (exact) mass is 244 g/mol. The van der Waals surface area contributed by atoms with Gasteiger partial charge < -0.3 is 9.47 Å². The topological polar surface area (TPSA) is 34.0 Å². The molecule has 2 aromatic heterocycles. The van der Waals surface area contributed by atoms with Crippen LogP contribution in [-0.2, 0) is 7.05 Å². The minimum absolute atomic E-state index is 0.590. The van der Waals surface area contributed by atoms with E-state index in [0.717, 1.165) is 17.7 Å². The fraction of sp³-hybridized carbons (Fsp3) is 0.571. The molecule has 2 aromatic rings. The van der Waals surface area contributed by atoms with Crippen LogP contribution in [0, 0.1) is 0 Å². The zero-order chi connectivity index (χ0) is 12.5. The third-order valence-electron chi connectivity index (χ3n) is 4.06. The fourth-order valence-electron chi connectivity index (χ4n) is 2.91. The van der Waals surface area contributed by atoms with Crippen LogP contribution >= 0.6 is 0 Å². The lowest BCUT2D eigenvalue weighted by Crippen LogP contribution is -2.33. The van der Waals surface area contributed by atoms with Gasteiger partial charge in [-0.1, -0.05) is 6.92 Å². The van der Waals surface area contributed by atoms with Crippen molar-refractivity contribution < 1.29 is 0 Å². The predicted octanol–water partition coefficient (Wildman–Crippen LogP) is 2.17. The molecule has 1 aliphatic heterocycles. The first-order valence-corrected chi connectivity index (χ1v) is 6.79. The molecular weight excluding hydrogens is 224 g/mol. The molecule has 3 rings (SSSR count). The maximum atomic E-state index is 4.77. The second kappa shape index (κ2) is 4.69. The molecule has 18 heavy (non-hydrogen) atoms. The fourth-order valence-corrected chi connectivity index (χ4v) is 2.91. The van der Waals surface area contributed by atoms with Crippen LogP contribution in [0.2, 0.25) is 0 Å². The number of imidazole rings is 1. The summed E-state index contributed by atoms with van der Waals surface area (Å²) in [6.07, 6.45) is 4.27. The van der Waals surface area contributed by atoms with Crippen molar-refractivity contribution in [3.8, 4) is 0 Å². The highest BCUT2D eigenvalue weighted by molar-refractivity contribution is 5.71. The Morgan fingerprint density at radius 3 is 2.78 bits per heavy atom. The van der Waals surface area contributed by atoms with E-state index in [2.05, 4.69) is 28.4 Å². The van der Waals surface area contributed by atoms with E-state index in [1.165, 1.54) is 31.8 Å². The van der Waals surface area contributed by atoms with Crippen LogP contribution < -0.4 is 0 Å². The molecule has 0 radical (unpaired) electrons. The first-order chi connectivity index (χ1) is 8.79. The number of hydrogen-bond donors (Lipinski definition) is 0. The Bertz CT molecular complexity index is 538. The molecule has 0 bridgehead atoms. The number of piperidine rings is 1. The minimum Gasteiger partial charge on any atom is -0.316 e. The van der Waals surface area contributed by atoms with Crippen LogP contribution in [0.1, 0.15) is 31.5 Å². The van der Waals surface area contributed by atoms with Gasteiger partial charge in [-0.2, -0.15) is 0 Å². The molecule has 0 saturated carbocycles. The molecule has 0 spiro atoms. The predicted molar refractivity (Wildman–Crippen MR) is 72.6 cm³/mol. The second-order valence-electron chi connectivity index (χ2n) is 5.08. The molecule has 1 saturated heterocycles. The van der Waals surface area contributed by atoms with Crippen LogP contribution in [-0.4, -0.2) is 39.1 Å². The zero-order valence-corrected chi connectivity index (χ0v) is 11.1. The SMILES string of the molecule is CCN1CCC(c2nc3cccnc3n2C)CC1. The summed E-state index contributed by atoms with van der Waals surface area (Å²) in [4.78, 5) is 11.7. The Labute approximate surface area is 108 Å². The Balaban J connectivity index is 1.89. The van der Waals surface area contributed by atoms with Gasteiger partial charge in [-0.3, -0.25) is 0 Å². The average molecular weight is 244 g/mol. The summed E-state index contributed by atoms with van der Waals surface area (Å²) in [5, 5.41) is 0. The Morgan fingerprint density at radius 1 is 1.33 bits per heavy atom. The zero-order valence-electron chi connectivity index (χ0n) is 11.1. The number of aryl methyl sites for hydroxylation is 1. The summed E-state index contributed by atoms with van der Waals surface area (Å²) in [6, 6.07) is 4.01. The maximum absolute atomic E-state index is 4.77. The molecule has 0 unspecified atom stereocenters. The largest absolute Gasteiger partial charge is 0.316 e. The molecule has 0 N–H and O–H groups in total. The van der Waals surface area contributed by atoms with Crippen LogP contribution in [0.4, 0.5) is 0 Å². The van der Waals surface area contributed by atoms with Crippen LogP contribution in [0.25, 0.3) is 11.2 Å². The van der Waals surface area contributed by atoms with Gasteiger partial charge in [0.25, 0.3) is 0 Å². The Morgan fingerprint density at radius 2 is 2.11 bits per heavy atom. The quantitative estimate of drug-likeness (QED) is 0.812. The van der Waals surface area contributed by atoms with E-state index in [0.29, 0.717) is 5.92 Å². The van der Waals surface area contributed by atoms with Crippen molar-refractivity contribution in [3.05, 3.63) is 24.2 Å². The van der Waals surface area contributed by atoms with Gasteiger partial charge in [0.1, 0.15) is 11.3 Å². The molecule has 3 heterocycles. The molecule has 4 nitrogen and oxygen atoms in total. The first kappa shape index (κ1) is 11.7. The number of fused-ring (bicyclic) bond motifs is 1. The van der Waals surface area contributed by atoms with Crippen LogP contribution in [0.15, 0.2) is 18.3 Å². The standard InChI is InChI=1S/C14H20N4/c1-3-18-9-6-11(7-10-18)13-16-12-5-4-8-15-14(12)17(13)2/h4-5,8,11H,3,6-7,9-10H2,1-2H3. The van der Waals surface area contributed by atoms with Crippen molar-refractivity contribution in [2.24, 2.45) is 7.05 Å². The van der Waals surface area contributed by atoms with Gasteiger partial charge in [-0.25, -0.2) is 9.97 Å². The summed E-state index contributed by atoms with van der Waals surface area (Å²) in [5.74, 6) is 1.80. The number of likely N-dealkylation sites (tertiary alicyclic amines) is 1. The molecule has 96 valence electrons.